The average molecular weight is 230 g/mol. The minimum atomic E-state index is 0.784. The summed E-state index contributed by atoms with van der Waals surface area (Å²) < 4.78 is 10.8. The molecule has 0 N–H and O–H groups in total. The minimum absolute atomic E-state index is 0.784. The molecule has 17 heavy (non-hydrogen) atoms. The van der Waals surface area contributed by atoms with Gasteiger partial charge in [0.15, 0.2) is 0 Å². The summed E-state index contributed by atoms with van der Waals surface area (Å²) in [4.78, 5) is 0. The molecule has 2 nitrogen and oxygen atoms in total. The van der Waals surface area contributed by atoms with Crippen molar-refractivity contribution in [3.63, 3.8) is 0 Å². The lowest BCUT2D eigenvalue weighted by molar-refractivity contribution is 0.410. The van der Waals surface area contributed by atoms with Gasteiger partial charge in [-0.15, -0.1) is 0 Å². The number of rotatable bonds is 5. The van der Waals surface area contributed by atoms with Gasteiger partial charge in [0.05, 0.1) is 7.11 Å². The zero-order valence-electron chi connectivity index (χ0n) is 10.6. The maximum atomic E-state index is 5.72. The maximum Gasteiger partial charge on any atom is 0.127 e. The van der Waals surface area contributed by atoms with Crippen molar-refractivity contribution >= 4 is 0 Å². The van der Waals surface area contributed by atoms with E-state index in [4.69, 9.17) is 9.47 Å². The summed E-state index contributed by atoms with van der Waals surface area (Å²) in [7, 11) is 1.64. The molecule has 0 spiro atoms. The van der Waals surface area contributed by atoms with E-state index in [9.17, 15) is 0 Å². The molecule has 0 unspecified atom stereocenters. The van der Waals surface area contributed by atoms with Gasteiger partial charge in [-0.1, -0.05) is 12.7 Å². The van der Waals surface area contributed by atoms with Gasteiger partial charge in [-0.2, -0.15) is 0 Å². The maximum absolute atomic E-state index is 5.72. The fraction of sp³-hybridized carbons (Fsp3) is 0.200. The van der Waals surface area contributed by atoms with Crippen molar-refractivity contribution < 1.29 is 9.47 Å². The molecular weight excluding hydrogens is 212 g/mol. The molecule has 0 aliphatic carbocycles. The standard InChI is InChI=1S/C15H18O2/c1-5-12(3)11-13(6-2)17-15-9-7-14(16-4)8-10-15/h5-11H,1H2,2-4H3/b12-11-,13-6+. The Morgan fingerprint density at radius 3 is 2.24 bits per heavy atom. The first-order chi connectivity index (χ1) is 8.19. The predicted octanol–water partition coefficient (Wildman–Crippen LogP) is 4.11. The van der Waals surface area contributed by atoms with Gasteiger partial charge in [0, 0.05) is 0 Å². The van der Waals surface area contributed by atoms with Crippen molar-refractivity contribution in [2.75, 3.05) is 7.11 Å². The number of methoxy groups -OCH3 is 1. The van der Waals surface area contributed by atoms with Crippen LogP contribution in [-0.2, 0) is 0 Å². The van der Waals surface area contributed by atoms with Crippen LogP contribution in [0.15, 0.2) is 60.4 Å². The summed E-state index contributed by atoms with van der Waals surface area (Å²) >= 11 is 0. The van der Waals surface area contributed by atoms with Crippen molar-refractivity contribution in [2.24, 2.45) is 0 Å². The molecule has 2 heteroatoms. The summed E-state index contributed by atoms with van der Waals surface area (Å²) in [5, 5.41) is 0. The van der Waals surface area contributed by atoms with Crippen LogP contribution in [-0.4, -0.2) is 7.11 Å². The third kappa shape index (κ3) is 4.19. The molecule has 1 rings (SSSR count). The van der Waals surface area contributed by atoms with Gasteiger partial charge < -0.3 is 9.47 Å². The van der Waals surface area contributed by atoms with Crippen molar-refractivity contribution in [2.45, 2.75) is 13.8 Å². The van der Waals surface area contributed by atoms with E-state index in [0.29, 0.717) is 0 Å². The molecule has 1 aromatic carbocycles. The van der Waals surface area contributed by atoms with Gasteiger partial charge in [-0.05, 0) is 55.8 Å². The second kappa shape index (κ2) is 6.59. The Kier molecular flexibility index (Phi) is 5.08. The zero-order chi connectivity index (χ0) is 12.7. The molecule has 90 valence electrons. The van der Waals surface area contributed by atoms with Crippen LogP contribution in [0.1, 0.15) is 13.8 Å². The first-order valence-corrected chi connectivity index (χ1v) is 5.48. The van der Waals surface area contributed by atoms with E-state index in [1.54, 1.807) is 13.2 Å². The van der Waals surface area contributed by atoms with Crippen molar-refractivity contribution in [1.29, 1.82) is 0 Å². The molecule has 0 radical (unpaired) electrons. The predicted molar refractivity (Wildman–Crippen MR) is 71.3 cm³/mol. The molecular formula is C15H18O2. The molecule has 0 fully saturated rings. The van der Waals surface area contributed by atoms with E-state index in [-0.39, 0.29) is 0 Å². The van der Waals surface area contributed by atoms with Gasteiger partial charge in [0.25, 0.3) is 0 Å². The van der Waals surface area contributed by atoms with E-state index in [0.717, 1.165) is 22.8 Å². The SMILES string of the molecule is C=C/C(C)=C\C(=C/C)Oc1ccc(OC)cc1. The van der Waals surface area contributed by atoms with E-state index < -0.39 is 0 Å². The molecule has 0 saturated carbocycles. The summed E-state index contributed by atoms with van der Waals surface area (Å²) in [5.74, 6) is 2.40. The molecule has 1 aromatic rings. The van der Waals surface area contributed by atoms with Gasteiger partial charge in [-0.25, -0.2) is 0 Å². The summed E-state index contributed by atoms with van der Waals surface area (Å²) in [6.07, 6.45) is 5.65. The Balaban J connectivity index is 2.78. The second-order valence-electron chi connectivity index (χ2n) is 3.56. The number of benzene rings is 1. The van der Waals surface area contributed by atoms with Gasteiger partial charge in [0.1, 0.15) is 17.3 Å². The average Bonchev–Trinajstić information content (AvgIpc) is 2.38. The number of hydrogen-bond acceptors (Lipinski definition) is 2. The Morgan fingerprint density at radius 1 is 1.18 bits per heavy atom. The normalized spacial score (nSPS) is 12.2. The van der Waals surface area contributed by atoms with E-state index >= 15 is 0 Å². The van der Waals surface area contributed by atoms with Gasteiger partial charge >= 0.3 is 0 Å². The first-order valence-electron chi connectivity index (χ1n) is 5.48. The highest BCUT2D eigenvalue weighted by molar-refractivity contribution is 5.34. The lowest BCUT2D eigenvalue weighted by Gasteiger charge is -2.07. The Bertz CT molecular complexity index is 425. The van der Waals surface area contributed by atoms with E-state index in [2.05, 4.69) is 6.58 Å². The third-order valence-corrected chi connectivity index (χ3v) is 2.27. The lowest BCUT2D eigenvalue weighted by Crippen LogP contribution is -1.93. The summed E-state index contributed by atoms with van der Waals surface area (Å²) in [5.41, 5.74) is 1.06. The van der Waals surface area contributed by atoms with Crippen LogP contribution in [0.3, 0.4) is 0 Å². The van der Waals surface area contributed by atoms with Crippen LogP contribution >= 0.6 is 0 Å². The Morgan fingerprint density at radius 2 is 1.76 bits per heavy atom. The topological polar surface area (TPSA) is 18.5 Å². The highest BCUT2D eigenvalue weighted by Gasteiger charge is 1.98. The van der Waals surface area contributed by atoms with Crippen LogP contribution < -0.4 is 9.47 Å². The minimum Gasteiger partial charge on any atom is -0.497 e. The highest BCUT2D eigenvalue weighted by atomic mass is 16.5. The fourth-order valence-corrected chi connectivity index (χ4v) is 1.23. The van der Waals surface area contributed by atoms with Gasteiger partial charge in [-0.3, -0.25) is 0 Å². The van der Waals surface area contributed by atoms with E-state index in [1.807, 2.05) is 50.3 Å². The van der Waals surface area contributed by atoms with Crippen molar-refractivity contribution in [3.05, 3.63) is 60.4 Å². The lowest BCUT2D eigenvalue weighted by atomic mass is 10.2. The van der Waals surface area contributed by atoms with Crippen LogP contribution in [0, 0.1) is 0 Å². The van der Waals surface area contributed by atoms with Crippen molar-refractivity contribution in [3.8, 4) is 11.5 Å². The largest absolute Gasteiger partial charge is 0.497 e. The molecule has 0 aromatic heterocycles. The number of hydrogen-bond donors (Lipinski definition) is 0. The molecule has 0 amide bonds. The molecule has 0 atom stereocenters. The van der Waals surface area contributed by atoms with Crippen LogP contribution in [0.5, 0.6) is 11.5 Å². The number of ether oxygens (including phenoxy) is 2. The molecule has 0 aliphatic rings. The number of allylic oxidation sites excluding steroid dienone is 4. The third-order valence-electron chi connectivity index (χ3n) is 2.27. The fourth-order valence-electron chi connectivity index (χ4n) is 1.23. The summed E-state index contributed by atoms with van der Waals surface area (Å²) in [6.45, 7) is 7.63. The molecule has 0 bridgehead atoms. The Hall–Kier alpha value is -1.96. The smallest absolute Gasteiger partial charge is 0.127 e. The highest BCUT2D eigenvalue weighted by Crippen LogP contribution is 2.19. The quantitative estimate of drug-likeness (QED) is 0.560. The van der Waals surface area contributed by atoms with Gasteiger partial charge in [0.2, 0.25) is 0 Å². The van der Waals surface area contributed by atoms with Crippen LogP contribution in [0.25, 0.3) is 0 Å². The zero-order valence-corrected chi connectivity index (χ0v) is 10.6. The van der Waals surface area contributed by atoms with Crippen molar-refractivity contribution in [1.82, 2.24) is 0 Å². The summed E-state index contributed by atoms with van der Waals surface area (Å²) in [6, 6.07) is 7.48. The molecule has 0 aliphatic heterocycles. The first kappa shape index (κ1) is 13.1. The monoisotopic (exact) mass is 230 g/mol. The molecule has 0 heterocycles. The Labute approximate surface area is 103 Å². The van der Waals surface area contributed by atoms with E-state index in [1.165, 1.54) is 0 Å². The van der Waals surface area contributed by atoms with Crippen LogP contribution in [0.2, 0.25) is 0 Å². The van der Waals surface area contributed by atoms with Crippen LogP contribution in [0.4, 0.5) is 0 Å². The molecule has 0 saturated heterocycles. The second-order valence-corrected chi connectivity index (χ2v) is 3.56.